The maximum Gasteiger partial charge on any atom is 0.313 e. The molecule has 2 N–H and O–H groups in total. The van der Waals surface area contributed by atoms with Crippen LogP contribution in [0.15, 0.2) is 53.4 Å². The SMILES string of the molecule is CSc1cccc(NC(=O)C(=O)NCCCN2CCc3ccccc3C2)c1. The van der Waals surface area contributed by atoms with E-state index in [4.69, 9.17) is 0 Å². The first kappa shape index (κ1) is 19.5. The predicted molar refractivity (Wildman–Crippen MR) is 110 cm³/mol. The smallest absolute Gasteiger partial charge is 0.313 e. The summed E-state index contributed by atoms with van der Waals surface area (Å²) in [7, 11) is 0. The van der Waals surface area contributed by atoms with Crippen LogP contribution in [0.3, 0.4) is 0 Å². The summed E-state index contributed by atoms with van der Waals surface area (Å²) < 4.78 is 0. The molecule has 1 aliphatic heterocycles. The van der Waals surface area contributed by atoms with Gasteiger partial charge in [0.1, 0.15) is 0 Å². The van der Waals surface area contributed by atoms with E-state index in [1.165, 1.54) is 11.1 Å². The number of hydrogen-bond donors (Lipinski definition) is 2. The highest BCUT2D eigenvalue weighted by atomic mass is 32.2. The summed E-state index contributed by atoms with van der Waals surface area (Å²) in [5.74, 6) is -1.21. The molecule has 0 saturated heterocycles. The molecule has 142 valence electrons. The van der Waals surface area contributed by atoms with Crippen molar-refractivity contribution in [3.63, 3.8) is 0 Å². The Morgan fingerprint density at radius 2 is 1.89 bits per heavy atom. The minimum Gasteiger partial charge on any atom is -0.348 e. The fourth-order valence-electron chi connectivity index (χ4n) is 3.22. The predicted octanol–water partition coefficient (Wildman–Crippen LogP) is 2.91. The monoisotopic (exact) mass is 383 g/mol. The Morgan fingerprint density at radius 3 is 2.70 bits per heavy atom. The molecule has 0 aromatic heterocycles. The van der Waals surface area contributed by atoms with Gasteiger partial charge in [0, 0.05) is 36.8 Å². The first-order valence-corrected chi connectivity index (χ1v) is 10.4. The topological polar surface area (TPSA) is 61.4 Å². The minimum atomic E-state index is -0.625. The van der Waals surface area contributed by atoms with Crippen LogP contribution in [-0.4, -0.2) is 42.6 Å². The second-order valence-corrected chi connectivity index (χ2v) is 7.47. The number of fused-ring (bicyclic) bond motifs is 1. The third-order valence-electron chi connectivity index (χ3n) is 4.68. The fourth-order valence-corrected chi connectivity index (χ4v) is 3.68. The molecule has 6 heteroatoms. The van der Waals surface area contributed by atoms with Gasteiger partial charge >= 0.3 is 11.8 Å². The van der Waals surface area contributed by atoms with E-state index in [9.17, 15) is 9.59 Å². The molecular weight excluding hydrogens is 358 g/mol. The van der Waals surface area contributed by atoms with Crippen LogP contribution in [0.2, 0.25) is 0 Å². The van der Waals surface area contributed by atoms with Gasteiger partial charge in [-0.3, -0.25) is 14.5 Å². The van der Waals surface area contributed by atoms with Gasteiger partial charge in [0.25, 0.3) is 0 Å². The molecule has 27 heavy (non-hydrogen) atoms. The van der Waals surface area contributed by atoms with Gasteiger partial charge in [0.05, 0.1) is 0 Å². The third kappa shape index (κ3) is 5.58. The van der Waals surface area contributed by atoms with E-state index in [0.717, 1.165) is 37.4 Å². The van der Waals surface area contributed by atoms with Crippen molar-refractivity contribution in [1.82, 2.24) is 10.2 Å². The highest BCUT2D eigenvalue weighted by molar-refractivity contribution is 7.98. The lowest BCUT2D eigenvalue weighted by Crippen LogP contribution is -2.38. The Morgan fingerprint density at radius 1 is 1.07 bits per heavy atom. The molecule has 2 amide bonds. The van der Waals surface area contributed by atoms with Crippen LogP contribution >= 0.6 is 11.8 Å². The second kappa shape index (κ2) is 9.58. The molecule has 3 rings (SSSR count). The van der Waals surface area contributed by atoms with Crippen molar-refractivity contribution in [2.24, 2.45) is 0 Å². The molecule has 2 aromatic carbocycles. The highest BCUT2D eigenvalue weighted by Gasteiger charge is 2.16. The van der Waals surface area contributed by atoms with Gasteiger partial charge in [-0.25, -0.2) is 0 Å². The van der Waals surface area contributed by atoms with Crippen LogP contribution in [0.4, 0.5) is 5.69 Å². The molecule has 0 spiro atoms. The lowest BCUT2D eigenvalue weighted by atomic mass is 10.00. The van der Waals surface area contributed by atoms with Gasteiger partial charge in [-0.1, -0.05) is 30.3 Å². The van der Waals surface area contributed by atoms with Crippen LogP contribution in [0, 0.1) is 0 Å². The molecule has 2 aromatic rings. The van der Waals surface area contributed by atoms with Crippen LogP contribution in [0.1, 0.15) is 17.5 Å². The van der Waals surface area contributed by atoms with Crippen LogP contribution < -0.4 is 10.6 Å². The van der Waals surface area contributed by atoms with Crippen molar-refractivity contribution in [2.75, 3.05) is 31.2 Å². The molecule has 1 aliphatic rings. The summed E-state index contributed by atoms with van der Waals surface area (Å²) in [6.07, 6.45) is 3.86. The molecule has 0 radical (unpaired) electrons. The second-order valence-electron chi connectivity index (χ2n) is 6.59. The molecule has 0 atom stereocenters. The maximum atomic E-state index is 12.0. The van der Waals surface area contributed by atoms with E-state index in [-0.39, 0.29) is 0 Å². The number of carbonyl (C=O) groups excluding carboxylic acids is 2. The van der Waals surface area contributed by atoms with Gasteiger partial charge in [-0.15, -0.1) is 11.8 Å². The largest absolute Gasteiger partial charge is 0.348 e. The molecule has 1 heterocycles. The number of carbonyl (C=O) groups is 2. The first-order valence-electron chi connectivity index (χ1n) is 9.18. The minimum absolute atomic E-state index is 0.495. The number of nitrogens with zero attached hydrogens (tertiary/aromatic N) is 1. The van der Waals surface area contributed by atoms with Crippen molar-refractivity contribution in [2.45, 2.75) is 24.3 Å². The van der Waals surface area contributed by atoms with E-state index < -0.39 is 11.8 Å². The molecular formula is C21H25N3O2S. The van der Waals surface area contributed by atoms with E-state index in [0.29, 0.717) is 12.2 Å². The van der Waals surface area contributed by atoms with E-state index in [2.05, 4.69) is 39.8 Å². The molecule has 5 nitrogen and oxygen atoms in total. The molecule has 0 bridgehead atoms. The number of amides is 2. The summed E-state index contributed by atoms with van der Waals surface area (Å²) >= 11 is 1.59. The lowest BCUT2D eigenvalue weighted by Gasteiger charge is -2.28. The van der Waals surface area contributed by atoms with Gasteiger partial charge < -0.3 is 10.6 Å². The Kier molecular flexibility index (Phi) is 6.90. The van der Waals surface area contributed by atoms with Crippen LogP contribution in [-0.2, 0) is 22.6 Å². The number of anilines is 1. The van der Waals surface area contributed by atoms with E-state index >= 15 is 0 Å². The fraction of sp³-hybridized carbons (Fsp3) is 0.333. The summed E-state index contributed by atoms with van der Waals surface area (Å²) in [6, 6.07) is 16.0. The molecule has 0 fully saturated rings. The molecule has 0 saturated carbocycles. The number of hydrogen-bond acceptors (Lipinski definition) is 4. The summed E-state index contributed by atoms with van der Waals surface area (Å²) in [5.41, 5.74) is 3.46. The van der Waals surface area contributed by atoms with E-state index in [1.54, 1.807) is 17.8 Å². The molecule has 0 unspecified atom stereocenters. The highest BCUT2D eigenvalue weighted by Crippen LogP contribution is 2.19. The zero-order valence-corrected chi connectivity index (χ0v) is 16.3. The van der Waals surface area contributed by atoms with Crippen molar-refractivity contribution >= 4 is 29.3 Å². The zero-order chi connectivity index (χ0) is 19.1. The maximum absolute atomic E-state index is 12.0. The van der Waals surface area contributed by atoms with Crippen molar-refractivity contribution in [3.8, 4) is 0 Å². The Balaban J connectivity index is 1.37. The van der Waals surface area contributed by atoms with Crippen molar-refractivity contribution in [1.29, 1.82) is 0 Å². The Labute approximate surface area is 164 Å². The summed E-state index contributed by atoms with van der Waals surface area (Å²) in [5, 5.41) is 5.35. The third-order valence-corrected chi connectivity index (χ3v) is 5.41. The number of benzene rings is 2. The summed E-state index contributed by atoms with van der Waals surface area (Å²) in [4.78, 5) is 27.4. The van der Waals surface area contributed by atoms with Gasteiger partial charge in [0.2, 0.25) is 0 Å². The van der Waals surface area contributed by atoms with Crippen LogP contribution in [0.25, 0.3) is 0 Å². The number of nitrogens with one attached hydrogen (secondary N) is 2. The number of thioether (sulfide) groups is 1. The standard InChI is InChI=1S/C21H25N3O2S/c1-27-19-9-4-8-18(14-19)23-21(26)20(25)22-11-5-12-24-13-10-16-6-2-3-7-17(16)15-24/h2-4,6-9,14H,5,10-13,15H2,1H3,(H,22,25)(H,23,26). The van der Waals surface area contributed by atoms with Gasteiger partial charge in [-0.05, 0) is 48.4 Å². The lowest BCUT2D eigenvalue weighted by molar-refractivity contribution is -0.136. The van der Waals surface area contributed by atoms with Gasteiger partial charge in [0.15, 0.2) is 0 Å². The van der Waals surface area contributed by atoms with Gasteiger partial charge in [-0.2, -0.15) is 0 Å². The summed E-state index contributed by atoms with van der Waals surface area (Å²) in [6.45, 7) is 3.40. The van der Waals surface area contributed by atoms with Crippen molar-refractivity contribution in [3.05, 3.63) is 59.7 Å². The zero-order valence-electron chi connectivity index (χ0n) is 15.5. The average Bonchev–Trinajstić information content (AvgIpc) is 2.71. The Hall–Kier alpha value is -2.31. The first-order chi connectivity index (χ1) is 13.2. The molecule has 0 aliphatic carbocycles. The van der Waals surface area contributed by atoms with Crippen LogP contribution in [0.5, 0.6) is 0 Å². The normalized spacial score (nSPS) is 13.7. The van der Waals surface area contributed by atoms with Crippen molar-refractivity contribution < 1.29 is 9.59 Å². The van der Waals surface area contributed by atoms with E-state index in [1.807, 2.05) is 24.5 Å². The average molecular weight is 384 g/mol. The number of rotatable bonds is 6. The Bertz CT molecular complexity index is 810. The quantitative estimate of drug-likeness (QED) is 0.457.